The molecule has 2 aromatic rings. The van der Waals surface area contributed by atoms with Crippen molar-refractivity contribution in [3.05, 3.63) is 36.0 Å². The summed E-state index contributed by atoms with van der Waals surface area (Å²) in [5, 5.41) is 14.7. The van der Waals surface area contributed by atoms with Gasteiger partial charge < -0.3 is 5.32 Å². The number of hydrogen-bond donors (Lipinski definition) is 2. The fourth-order valence-corrected chi connectivity index (χ4v) is 1.86. The quantitative estimate of drug-likeness (QED) is 0.837. The zero-order chi connectivity index (χ0) is 13.7. The standard InChI is InChI=1S/C15H22N4/c1-11(2)12(3)9-16-10-14-15(18-19-17-14)13-7-5-4-6-8-13/h4-8,11-12,16H,9-10H2,1-3H3,(H,17,18,19). The van der Waals surface area contributed by atoms with E-state index in [0.29, 0.717) is 11.8 Å². The van der Waals surface area contributed by atoms with Crippen molar-refractivity contribution in [1.29, 1.82) is 0 Å². The Labute approximate surface area is 114 Å². The van der Waals surface area contributed by atoms with Crippen molar-refractivity contribution < 1.29 is 0 Å². The number of aromatic amines is 1. The highest BCUT2D eigenvalue weighted by Gasteiger charge is 2.11. The first-order chi connectivity index (χ1) is 9.18. The highest BCUT2D eigenvalue weighted by atomic mass is 15.3. The summed E-state index contributed by atoms with van der Waals surface area (Å²) in [5.41, 5.74) is 3.01. The number of nitrogens with one attached hydrogen (secondary N) is 2. The summed E-state index contributed by atoms with van der Waals surface area (Å²) in [4.78, 5) is 0. The molecule has 1 aromatic carbocycles. The lowest BCUT2D eigenvalue weighted by molar-refractivity contribution is 0.391. The second-order valence-electron chi connectivity index (χ2n) is 5.34. The first-order valence-electron chi connectivity index (χ1n) is 6.84. The molecule has 1 aromatic heterocycles. The van der Waals surface area contributed by atoms with Crippen LogP contribution in [-0.2, 0) is 6.54 Å². The van der Waals surface area contributed by atoms with E-state index >= 15 is 0 Å². The van der Waals surface area contributed by atoms with Crippen LogP contribution in [0.15, 0.2) is 30.3 Å². The molecule has 1 heterocycles. The Morgan fingerprint density at radius 1 is 1.11 bits per heavy atom. The first kappa shape index (κ1) is 13.7. The molecule has 0 radical (unpaired) electrons. The van der Waals surface area contributed by atoms with Gasteiger partial charge in [-0.2, -0.15) is 15.4 Å². The molecular formula is C15H22N4. The number of H-pyrrole nitrogens is 1. The smallest absolute Gasteiger partial charge is 0.117 e. The van der Waals surface area contributed by atoms with E-state index in [2.05, 4.69) is 53.6 Å². The molecule has 0 aliphatic heterocycles. The molecule has 19 heavy (non-hydrogen) atoms. The van der Waals surface area contributed by atoms with Gasteiger partial charge in [0.2, 0.25) is 0 Å². The van der Waals surface area contributed by atoms with Crippen LogP contribution in [0.1, 0.15) is 26.5 Å². The van der Waals surface area contributed by atoms with Gasteiger partial charge in [0.1, 0.15) is 11.4 Å². The Hall–Kier alpha value is -1.68. The Morgan fingerprint density at radius 3 is 2.53 bits per heavy atom. The third kappa shape index (κ3) is 3.64. The maximum absolute atomic E-state index is 4.24. The van der Waals surface area contributed by atoms with Crippen LogP contribution in [0.4, 0.5) is 0 Å². The largest absolute Gasteiger partial charge is 0.311 e. The molecule has 0 aliphatic carbocycles. The van der Waals surface area contributed by atoms with E-state index < -0.39 is 0 Å². The molecule has 0 amide bonds. The van der Waals surface area contributed by atoms with Gasteiger partial charge in [-0.25, -0.2) is 0 Å². The highest BCUT2D eigenvalue weighted by Crippen LogP contribution is 2.18. The first-order valence-corrected chi connectivity index (χ1v) is 6.84. The maximum Gasteiger partial charge on any atom is 0.117 e. The topological polar surface area (TPSA) is 53.6 Å². The third-order valence-corrected chi connectivity index (χ3v) is 3.56. The molecule has 1 atom stereocenters. The molecule has 0 spiro atoms. The van der Waals surface area contributed by atoms with E-state index in [9.17, 15) is 0 Å². The number of hydrogen-bond acceptors (Lipinski definition) is 3. The van der Waals surface area contributed by atoms with Gasteiger partial charge in [0.25, 0.3) is 0 Å². The highest BCUT2D eigenvalue weighted by molar-refractivity contribution is 5.60. The van der Waals surface area contributed by atoms with Crippen LogP contribution in [0.25, 0.3) is 11.3 Å². The average Bonchev–Trinajstić information content (AvgIpc) is 2.88. The van der Waals surface area contributed by atoms with Crippen molar-refractivity contribution in [2.24, 2.45) is 11.8 Å². The molecule has 2 N–H and O–H groups in total. The molecular weight excluding hydrogens is 236 g/mol. The third-order valence-electron chi connectivity index (χ3n) is 3.56. The lowest BCUT2D eigenvalue weighted by atomic mass is 9.98. The fourth-order valence-electron chi connectivity index (χ4n) is 1.86. The molecule has 0 aliphatic rings. The van der Waals surface area contributed by atoms with E-state index in [1.165, 1.54) is 0 Å². The number of rotatable bonds is 6. The SMILES string of the molecule is CC(C)C(C)CNCc1n[nH]nc1-c1ccccc1. The second-order valence-corrected chi connectivity index (χ2v) is 5.34. The maximum atomic E-state index is 4.24. The summed E-state index contributed by atoms with van der Waals surface area (Å²) < 4.78 is 0. The fraction of sp³-hybridized carbons (Fsp3) is 0.467. The predicted molar refractivity (Wildman–Crippen MR) is 77.5 cm³/mol. The lowest BCUT2D eigenvalue weighted by Gasteiger charge is -2.15. The summed E-state index contributed by atoms with van der Waals surface area (Å²) in [6.45, 7) is 8.50. The minimum atomic E-state index is 0.659. The van der Waals surface area contributed by atoms with Gasteiger partial charge in [-0.1, -0.05) is 51.1 Å². The van der Waals surface area contributed by atoms with Crippen LogP contribution < -0.4 is 5.32 Å². The molecule has 102 valence electrons. The van der Waals surface area contributed by atoms with E-state index in [0.717, 1.165) is 30.0 Å². The Kier molecular flexibility index (Phi) is 4.68. The summed E-state index contributed by atoms with van der Waals surface area (Å²) in [6, 6.07) is 10.1. The minimum Gasteiger partial charge on any atom is -0.311 e. The van der Waals surface area contributed by atoms with Crippen LogP contribution in [0, 0.1) is 11.8 Å². The monoisotopic (exact) mass is 258 g/mol. The van der Waals surface area contributed by atoms with Crippen LogP contribution in [0.5, 0.6) is 0 Å². The van der Waals surface area contributed by atoms with Gasteiger partial charge >= 0.3 is 0 Å². The molecule has 2 rings (SSSR count). The van der Waals surface area contributed by atoms with Crippen molar-refractivity contribution in [2.75, 3.05) is 6.54 Å². The normalized spacial score (nSPS) is 12.8. The minimum absolute atomic E-state index is 0.659. The number of benzene rings is 1. The number of nitrogens with zero attached hydrogens (tertiary/aromatic N) is 2. The van der Waals surface area contributed by atoms with Crippen molar-refractivity contribution in [1.82, 2.24) is 20.7 Å². The Morgan fingerprint density at radius 2 is 1.84 bits per heavy atom. The molecule has 4 nitrogen and oxygen atoms in total. The zero-order valence-corrected chi connectivity index (χ0v) is 11.9. The molecule has 0 fully saturated rings. The van der Waals surface area contributed by atoms with Crippen LogP contribution in [0.2, 0.25) is 0 Å². The molecule has 0 saturated heterocycles. The van der Waals surface area contributed by atoms with Crippen molar-refractivity contribution >= 4 is 0 Å². The van der Waals surface area contributed by atoms with Gasteiger partial charge in [-0.3, -0.25) is 0 Å². The summed E-state index contributed by atoms with van der Waals surface area (Å²) in [7, 11) is 0. The summed E-state index contributed by atoms with van der Waals surface area (Å²) in [6.07, 6.45) is 0. The second kappa shape index (κ2) is 6.48. The summed E-state index contributed by atoms with van der Waals surface area (Å²) in [5.74, 6) is 1.35. The van der Waals surface area contributed by atoms with E-state index in [1.54, 1.807) is 0 Å². The van der Waals surface area contributed by atoms with Crippen molar-refractivity contribution in [3.8, 4) is 11.3 Å². The Balaban J connectivity index is 1.97. The zero-order valence-electron chi connectivity index (χ0n) is 11.9. The van der Waals surface area contributed by atoms with Gasteiger partial charge in [0, 0.05) is 12.1 Å². The van der Waals surface area contributed by atoms with Crippen molar-refractivity contribution in [3.63, 3.8) is 0 Å². The van der Waals surface area contributed by atoms with Gasteiger partial charge in [-0.05, 0) is 18.4 Å². The predicted octanol–water partition coefficient (Wildman–Crippen LogP) is 2.85. The van der Waals surface area contributed by atoms with E-state index in [1.807, 2.05) is 18.2 Å². The number of aromatic nitrogens is 3. The average molecular weight is 258 g/mol. The van der Waals surface area contributed by atoms with Crippen LogP contribution >= 0.6 is 0 Å². The van der Waals surface area contributed by atoms with Gasteiger partial charge in [0.15, 0.2) is 0 Å². The van der Waals surface area contributed by atoms with Gasteiger partial charge in [-0.15, -0.1) is 0 Å². The van der Waals surface area contributed by atoms with E-state index in [4.69, 9.17) is 0 Å². The lowest BCUT2D eigenvalue weighted by Crippen LogP contribution is -2.24. The Bertz CT molecular complexity index is 490. The molecule has 1 unspecified atom stereocenters. The van der Waals surface area contributed by atoms with Crippen molar-refractivity contribution in [2.45, 2.75) is 27.3 Å². The van der Waals surface area contributed by atoms with Crippen LogP contribution in [-0.4, -0.2) is 22.0 Å². The molecule has 4 heteroatoms. The molecule has 0 bridgehead atoms. The van der Waals surface area contributed by atoms with E-state index in [-0.39, 0.29) is 0 Å². The van der Waals surface area contributed by atoms with Gasteiger partial charge in [0.05, 0.1) is 0 Å². The summed E-state index contributed by atoms with van der Waals surface area (Å²) >= 11 is 0. The van der Waals surface area contributed by atoms with Crippen LogP contribution in [0.3, 0.4) is 0 Å². The molecule has 0 saturated carbocycles.